The third-order valence-corrected chi connectivity index (χ3v) is 3.51. The molecule has 4 heteroatoms. The fraction of sp³-hybridized carbons (Fsp3) is 0.722. The van der Waals surface area contributed by atoms with Gasteiger partial charge in [0.25, 0.3) is 0 Å². The predicted molar refractivity (Wildman–Crippen MR) is 89.9 cm³/mol. The van der Waals surface area contributed by atoms with Crippen LogP contribution in [0.4, 0.5) is 0 Å². The molecule has 128 valence electrons. The van der Waals surface area contributed by atoms with Crippen molar-refractivity contribution in [2.75, 3.05) is 0 Å². The van der Waals surface area contributed by atoms with Crippen molar-refractivity contribution in [1.82, 2.24) is 0 Å². The van der Waals surface area contributed by atoms with Crippen LogP contribution < -0.4 is 0 Å². The fourth-order valence-electron chi connectivity index (χ4n) is 2.16. The lowest BCUT2D eigenvalue weighted by atomic mass is 10.1. The van der Waals surface area contributed by atoms with Crippen molar-refractivity contribution in [3.63, 3.8) is 0 Å². The second-order valence-electron chi connectivity index (χ2n) is 5.62. The second kappa shape index (κ2) is 16.2. The first-order chi connectivity index (χ1) is 10.7. The standard InChI is InChI=1S/C18H32O4/c1-2-3-4-5-8-11-14-17(22-21)15-12-9-6-7-10-13-16-18(19)20/h8,11-12,15,17,21H,2-7,9-10,13-14,16H2,1H3,(H,19,20)/b11-8-,15-12+/t17-/m0/s1. The first-order valence-corrected chi connectivity index (χ1v) is 8.54. The molecule has 0 aromatic rings. The Morgan fingerprint density at radius 1 is 1.00 bits per heavy atom. The molecule has 0 amide bonds. The molecule has 0 aliphatic carbocycles. The molecule has 0 aliphatic rings. The van der Waals surface area contributed by atoms with E-state index in [0.29, 0.717) is 6.42 Å². The van der Waals surface area contributed by atoms with Gasteiger partial charge in [0, 0.05) is 6.42 Å². The molecule has 0 aromatic carbocycles. The van der Waals surface area contributed by atoms with Crippen molar-refractivity contribution >= 4 is 5.97 Å². The van der Waals surface area contributed by atoms with Gasteiger partial charge in [-0.15, -0.1) is 0 Å². The Morgan fingerprint density at radius 2 is 1.68 bits per heavy atom. The molecule has 0 saturated carbocycles. The normalized spacial score (nSPS) is 13.2. The minimum absolute atomic E-state index is 0.265. The highest BCUT2D eigenvalue weighted by atomic mass is 17.1. The summed E-state index contributed by atoms with van der Waals surface area (Å²) >= 11 is 0. The second-order valence-corrected chi connectivity index (χ2v) is 5.62. The van der Waals surface area contributed by atoms with E-state index >= 15 is 0 Å². The largest absolute Gasteiger partial charge is 0.481 e. The van der Waals surface area contributed by atoms with Crippen molar-refractivity contribution in [3.8, 4) is 0 Å². The van der Waals surface area contributed by atoms with Gasteiger partial charge < -0.3 is 5.11 Å². The molecule has 22 heavy (non-hydrogen) atoms. The van der Waals surface area contributed by atoms with Crippen molar-refractivity contribution in [2.45, 2.75) is 83.7 Å². The lowest BCUT2D eigenvalue weighted by Crippen LogP contribution is -2.05. The molecule has 1 atom stereocenters. The first kappa shape index (κ1) is 20.9. The maximum atomic E-state index is 10.3. The van der Waals surface area contributed by atoms with Gasteiger partial charge in [0.15, 0.2) is 0 Å². The molecular weight excluding hydrogens is 280 g/mol. The van der Waals surface area contributed by atoms with Crippen LogP contribution in [0.15, 0.2) is 24.3 Å². The summed E-state index contributed by atoms with van der Waals surface area (Å²) in [6, 6.07) is 0. The third kappa shape index (κ3) is 15.3. The quantitative estimate of drug-likeness (QED) is 0.185. The summed E-state index contributed by atoms with van der Waals surface area (Å²) < 4.78 is 0. The van der Waals surface area contributed by atoms with E-state index < -0.39 is 5.97 Å². The van der Waals surface area contributed by atoms with E-state index in [9.17, 15) is 4.79 Å². The van der Waals surface area contributed by atoms with Crippen LogP contribution in [0.5, 0.6) is 0 Å². The molecule has 0 unspecified atom stereocenters. The van der Waals surface area contributed by atoms with E-state index in [1.54, 1.807) is 0 Å². The van der Waals surface area contributed by atoms with Crippen LogP contribution in [0.25, 0.3) is 0 Å². The Kier molecular flexibility index (Phi) is 15.4. The molecule has 0 spiro atoms. The Morgan fingerprint density at radius 3 is 2.36 bits per heavy atom. The molecule has 2 N–H and O–H groups in total. The number of allylic oxidation sites excluding steroid dienone is 2. The van der Waals surface area contributed by atoms with E-state index in [1.165, 1.54) is 19.3 Å². The summed E-state index contributed by atoms with van der Waals surface area (Å²) in [5.41, 5.74) is 0. The molecular formula is C18H32O4. The van der Waals surface area contributed by atoms with Crippen LogP contribution in [0, 0.1) is 0 Å². The zero-order valence-electron chi connectivity index (χ0n) is 13.9. The Bertz CT molecular complexity index is 310. The SMILES string of the molecule is CCCCC/C=C\C[C@@H](/C=C/CCCCCCC(=O)O)OO. The molecule has 0 bridgehead atoms. The monoisotopic (exact) mass is 312 g/mol. The maximum absolute atomic E-state index is 10.3. The zero-order chi connectivity index (χ0) is 16.5. The Labute approximate surface area is 134 Å². The van der Waals surface area contributed by atoms with Gasteiger partial charge in [0.05, 0.1) is 0 Å². The summed E-state index contributed by atoms with van der Waals surface area (Å²) in [7, 11) is 0. The van der Waals surface area contributed by atoms with Crippen molar-refractivity contribution in [3.05, 3.63) is 24.3 Å². The number of hydrogen-bond acceptors (Lipinski definition) is 3. The number of carboxylic acid groups (broad SMARTS) is 1. The Hall–Kier alpha value is -1.13. The van der Waals surface area contributed by atoms with Crippen LogP contribution in [0.1, 0.15) is 77.6 Å². The summed E-state index contributed by atoms with van der Waals surface area (Å²) in [6.45, 7) is 2.19. The van der Waals surface area contributed by atoms with Crippen molar-refractivity contribution in [2.24, 2.45) is 0 Å². The van der Waals surface area contributed by atoms with Gasteiger partial charge in [-0.1, -0.05) is 56.9 Å². The van der Waals surface area contributed by atoms with Gasteiger partial charge in [-0.05, 0) is 38.5 Å². The number of carbonyl (C=O) groups is 1. The third-order valence-electron chi connectivity index (χ3n) is 3.51. The van der Waals surface area contributed by atoms with E-state index in [0.717, 1.165) is 38.5 Å². The number of unbranched alkanes of at least 4 members (excludes halogenated alkanes) is 7. The van der Waals surface area contributed by atoms with Gasteiger partial charge >= 0.3 is 5.97 Å². The molecule has 0 rings (SSSR count). The summed E-state index contributed by atoms with van der Waals surface area (Å²) in [5, 5.41) is 17.4. The molecule has 0 aliphatic heterocycles. The summed E-state index contributed by atoms with van der Waals surface area (Å²) in [5.74, 6) is -0.717. The predicted octanol–water partition coefficient (Wildman–Crippen LogP) is 5.35. The fourth-order valence-corrected chi connectivity index (χ4v) is 2.16. The minimum atomic E-state index is -0.717. The topological polar surface area (TPSA) is 66.8 Å². The summed E-state index contributed by atoms with van der Waals surface area (Å²) in [6.07, 6.45) is 18.4. The number of aliphatic carboxylic acids is 1. The average molecular weight is 312 g/mol. The lowest BCUT2D eigenvalue weighted by molar-refractivity contribution is -0.264. The van der Waals surface area contributed by atoms with Crippen LogP contribution in [0.2, 0.25) is 0 Å². The van der Waals surface area contributed by atoms with Gasteiger partial charge in [-0.25, -0.2) is 4.89 Å². The number of carboxylic acids is 1. The molecule has 4 nitrogen and oxygen atoms in total. The lowest BCUT2D eigenvalue weighted by Gasteiger charge is -2.05. The summed E-state index contributed by atoms with van der Waals surface area (Å²) in [4.78, 5) is 14.8. The minimum Gasteiger partial charge on any atom is -0.481 e. The number of rotatable bonds is 15. The number of hydrogen-bond donors (Lipinski definition) is 2. The molecule has 0 fully saturated rings. The highest BCUT2D eigenvalue weighted by molar-refractivity contribution is 5.66. The average Bonchev–Trinajstić information content (AvgIpc) is 2.50. The van der Waals surface area contributed by atoms with E-state index in [-0.39, 0.29) is 12.5 Å². The molecule has 0 heterocycles. The molecule has 0 saturated heterocycles. The Balaban J connectivity index is 3.59. The highest BCUT2D eigenvalue weighted by Crippen LogP contribution is 2.08. The smallest absolute Gasteiger partial charge is 0.303 e. The van der Waals surface area contributed by atoms with Crippen LogP contribution >= 0.6 is 0 Å². The van der Waals surface area contributed by atoms with Gasteiger partial charge in [-0.2, -0.15) is 0 Å². The maximum Gasteiger partial charge on any atom is 0.303 e. The zero-order valence-corrected chi connectivity index (χ0v) is 13.9. The van der Waals surface area contributed by atoms with Gasteiger partial charge in [-0.3, -0.25) is 10.1 Å². The molecule has 0 radical (unpaired) electrons. The van der Waals surface area contributed by atoms with Crippen molar-refractivity contribution < 1.29 is 20.0 Å². The van der Waals surface area contributed by atoms with E-state index in [1.807, 2.05) is 12.2 Å². The molecule has 0 aromatic heterocycles. The van der Waals surface area contributed by atoms with Gasteiger partial charge in [0.2, 0.25) is 0 Å². The highest BCUT2D eigenvalue weighted by Gasteiger charge is 2.01. The van der Waals surface area contributed by atoms with Crippen molar-refractivity contribution in [1.29, 1.82) is 0 Å². The van der Waals surface area contributed by atoms with Gasteiger partial charge in [0.1, 0.15) is 6.10 Å². The first-order valence-electron chi connectivity index (χ1n) is 8.54. The van der Waals surface area contributed by atoms with Crippen LogP contribution in [-0.4, -0.2) is 22.4 Å². The van der Waals surface area contributed by atoms with E-state index in [2.05, 4.69) is 24.0 Å². The van der Waals surface area contributed by atoms with Crippen LogP contribution in [-0.2, 0) is 9.68 Å². The van der Waals surface area contributed by atoms with Crippen LogP contribution in [0.3, 0.4) is 0 Å². The van der Waals surface area contributed by atoms with E-state index in [4.69, 9.17) is 10.4 Å².